The maximum atomic E-state index is 6.01. The number of ether oxygens (including phenoxy) is 1. The first-order chi connectivity index (χ1) is 10.7. The first-order valence-corrected chi connectivity index (χ1v) is 8.22. The molecule has 3 heteroatoms. The molecule has 0 unspecified atom stereocenters. The highest BCUT2D eigenvalue weighted by atomic mass is 35.5. The number of benzene rings is 2. The fourth-order valence-corrected chi connectivity index (χ4v) is 2.74. The molecule has 0 radical (unpaired) electrons. The maximum absolute atomic E-state index is 6.01. The largest absolute Gasteiger partial charge is 0.489 e. The second-order valence-corrected chi connectivity index (χ2v) is 6.60. The van der Waals surface area contributed by atoms with Crippen molar-refractivity contribution in [2.75, 3.05) is 13.6 Å². The number of para-hydroxylation sites is 1. The standard InChI is InChI=1S/C19H22ClNO/c1-21(12-15-6-7-15)13-17-4-2-3-5-19(17)22-14-16-8-10-18(20)11-9-16/h2-5,8-11,15H,6-7,12-14H2,1H3. The molecule has 116 valence electrons. The van der Waals surface area contributed by atoms with E-state index in [1.807, 2.05) is 30.3 Å². The summed E-state index contributed by atoms with van der Waals surface area (Å²) in [5, 5.41) is 0.755. The molecule has 1 saturated carbocycles. The third-order valence-corrected chi connectivity index (χ3v) is 4.24. The first kappa shape index (κ1) is 15.4. The van der Waals surface area contributed by atoms with E-state index in [1.165, 1.54) is 24.9 Å². The van der Waals surface area contributed by atoms with Gasteiger partial charge in [-0.15, -0.1) is 0 Å². The van der Waals surface area contributed by atoms with Crippen molar-refractivity contribution in [2.24, 2.45) is 5.92 Å². The molecule has 22 heavy (non-hydrogen) atoms. The van der Waals surface area contributed by atoms with Crippen LogP contribution in [0.2, 0.25) is 5.02 Å². The number of hydrogen-bond acceptors (Lipinski definition) is 2. The fourth-order valence-electron chi connectivity index (χ4n) is 2.61. The summed E-state index contributed by atoms with van der Waals surface area (Å²) < 4.78 is 6.01. The Labute approximate surface area is 137 Å². The van der Waals surface area contributed by atoms with Gasteiger partial charge in [0.1, 0.15) is 12.4 Å². The molecular formula is C19H22ClNO. The van der Waals surface area contributed by atoms with Gasteiger partial charge in [0.2, 0.25) is 0 Å². The fraction of sp³-hybridized carbons (Fsp3) is 0.368. The van der Waals surface area contributed by atoms with Gasteiger partial charge in [0.25, 0.3) is 0 Å². The van der Waals surface area contributed by atoms with E-state index >= 15 is 0 Å². The zero-order valence-corrected chi connectivity index (χ0v) is 13.7. The van der Waals surface area contributed by atoms with E-state index in [-0.39, 0.29) is 0 Å². The highest BCUT2D eigenvalue weighted by Crippen LogP contribution is 2.30. The topological polar surface area (TPSA) is 12.5 Å². The summed E-state index contributed by atoms with van der Waals surface area (Å²) >= 11 is 5.91. The molecule has 0 atom stereocenters. The van der Waals surface area contributed by atoms with E-state index in [0.717, 1.165) is 28.8 Å². The minimum absolute atomic E-state index is 0.570. The Bertz CT molecular complexity index is 607. The van der Waals surface area contributed by atoms with Crippen LogP contribution in [0.5, 0.6) is 5.75 Å². The van der Waals surface area contributed by atoms with Gasteiger partial charge in [0.05, 0.1) is 0 Å². The van der Waals surface area contributed by atoms with Crippen LogP contribution in [0.4, 0.5) is 0 Å². The molecule has 2 aromatic carbocycles. The van der Waals surface area contributed by atoms with Gasteiger partial charge in [-0.05, 0) is 49.6 Å². The summed E-state index contributed by atoms with van der Waals surface area (Å²) in [5.74, 6) is 1.88. The van der Waals surface area contributed by atoms with Crippen molar-refractivity contribution >= 4 is 11.6 Å². The van der Waals surface area contributed by atoms with Crippen LogP contribution in [0, 0.1) is 5.92 Å². The van der Waals surface area contributed by atoms with E-state index in [9.17, 15) is 0 Å². The van der Waals surface area contributed by atoms with Crippen LogP contribution in [-0.4, -0.2) is 18.5 Å². The maximum Gasteiger partial charge on any atom is 0.124 e. The van der Waals surface area contributed by atoms with E-state index < -0.39 is 0 Å². The van der Waals surface area contributed by atoms with Gasteiger partial charge in [-0.2, -0.15) is 0 Å². The summed E-state index contributed by atoms with van der Waals surface area (Å²) in [7, 11) is 2.19. The predicted octanol–water partition coefficient (Wildman–Crippen LogP) is 4.76. The lowest BCUT2D eigenvalue weighted by atomic mass is 10.2. The summed E-state index contributed by atoms with van der Waals surface area (Å²) in [6.07, 6.45) is 2.78. The Hall–Kier alpha value is -1.51. The Kier molecular flexibility index (Phi) is 5.01. The smallest absolute Gasteiger partial charge is 0.124 e. The molecule has 0 aromatic heterocycles. The van der Waals surface area contributed by atoms with E-state index in [1.54, 1.807) is 0 Å². The van der Waals surface area contributed by atoms with Crippen LogP contribution < -0.4 is 4.74 Å². The zero-order chi connectivity index (χ0) is 15.4. The second kappa shape index (κ2) is 7.17. The molecule has 2 nitrogen and oxygen atoms in total. The molecule has 0 amide bonds. The van der Waals surface area contributed by atoms with Gasteiger partial charge >= 0.3 is 0 Å². The Morgan fingerprint density at radius 3 is 2.55 bits per heavy atom. The lowest BCUT2D eigenvalue weighted by Crippen LogP contribution is -2.20. The summed E-state index contributed by atoms with van der Waals surface area (Å²) in [5.41, 5.74) is 2.38. The number of nitrogens with zero attached hydrogens (tertiary/aromatic N) is 1. The van der Waals surface area contributed by atoms with Gasteiger partial charge < -0.3 is 9.64 Å². The Morgan fingerprint density at radius 2 is 1.82 bits per heavy atom. The molecule has 0 heterocycles. The highest BCUT2D eigenvalue weighted by molar-refractivity contribution is 6.30. The van der Waals surface area contributed by atoms with Crippen LogP contribution >= 0.6 is 11.6 Å². The third-order valence-electron chi connectivity index (χ3n) is 3.99. The molecule has 1 aliphatic carbocycles. The van der Waals surface area contributed by atoms with Crippen LogP contribution in [-0.2, 0) is 13.2 Å². The van der Waals surface area contributed by atoms with Gasteiger partial charge in [0.15, 0.2) is 0 Å². The summed E-state index contributed by atoms with van der Waals surface area (Å²) in [6.45, 7) is 2.69. The van der Waals surface area contributed by atoms with Crippen LogP contribution in [0.15, 0.2) is 48.5 Å². The first-order valence-electron chi connectivity index (χ1n) is 7.84. The molecule has 0 aliphatic heterocycles. The quantitative estimate of drug-likeness (QED) is 0.730. The minimum atomic E-state index is 0.570. The van der Waals surface area contributed by atoms with Crippen molar-refractivity contribution in [1.29, 1.82) is 0 Å². The van der Waals surface area contributed by atoms with E-state index in [0.29, 0.717) is 6.61 Å². The number of rotatable bonds is 7. The third kappa shape index (κ3) is 4.49. The number of hydrogen-bond donors (Lipinski definition) is 0. The lowest BCUT2D eigenvalue weighted by molar-refractivity contribution is 0.281. The number of halogens is 1. The van der Waals surface area contributed by atoms with Gasteiger partial charge in [0, 0.05) is 23.7 Å². The van der Waals surface area contributed by atoms with Gasteiger partial charge in [-0.3, -0.25) is 0 Å². The monoisotopic (exact) mass is 315 g/mol. The van der Waals surface area contributed by atoms with Crippen molar-refractivity contribution in [1.82, 2.24) is 4.90 Å². The average molecular weight is 316 g/mol. The minimum Gasteiger partial charge on any atom is -0.489 e. The van der Waals surface area contributed by atoms with Crippen LogP contribution in [0.3, 0.4) is 0 Å². The Morgan fingerprint density at radius 1 is 1.09 bits per heavy atom. The Balaban J connectivity index is 1.61. The van der Waals surface area contributed by atoms with Gasteiger partial charge in [-0.25, -0.2) is 0 Å². The molecular weight excluding hydrogens is 294 g/mol. The van der Waals surface area contributed by atoms with Gasteiger partial charge in [-0.1, -0.05) is 41.9 Å². The predicted molar refractivity (Wildman–Crippen MR) is 91.3 cm³/mol. The molecule has 2 aromatic rings. The van der Waals surface area contributed by atoms with Crippen LogP contribution in [0.25, 0.3) is 0 Å². The van der Waals surface area contributed by atoms with E-state index in [4.69, 9.17) is 16.3 Å². The molecule has 0 bridgehead atoms. The van der Waals surface area contributed by atoms with Crippen molar-refractivity contribution in [2.45, 2.75) is 26.0 Å². The lowest BCUT2D eigenvalue weighted by Gasteiger charge is -2.18. The summed E-state index contributed by atoms with van der Waals surface area (Å²) in [4.78, 5) is 2.39. The molecule has 0 N–H and O–H groups in total. The zero-order valence-electron chi connectivity index (χ0n) is 13.0. The average Bonchev–Trinajstić information content (AvgIpc) is 3.32. The highest BCUT2D eigenvalue weighted by Gasteiger charge is 2.23. The second-order valence-electron chi connectivity index (χ2n) is 6.16. The molecule has 0 saturated heterocycles. The van der Waals surface area contributed by atoms with Crippen molar-refractivity contribution in [3.05, 3.63) is 64.7 Å². The van der Waals surface area contributed by atoms with Crippen molar-refractivity contribution in [3.63, 3.8) is 0 Å². The summed E-state index contributed by atoms with van der Waals surface area (Å²) in [6, 6.07) is 16.1. The van der Waals surface area contributed by atoms with Crippen LogP contribution in [0.1, 0.15) is 24.0 Å². The molecule has 1 aliphatic rings. The van der Waals surface area contributed by atoms with Crippen molar-refractivity contribution in [3.8, 4) is 5.75 Å². The van der Waals surface area contributed by atoms with E-state index in [2.05, 4.69) is 30.1 Å². The van der Waals surface area contributed by atoms with Crippen molar-refractivity contribution < 1.29 is 4.74 Å². The normalized spacial score (nSPS) is 14.3. The molecule has 1 fully saturated rings. The SMILES string of the molecule is CN(Cc1ccccc1OCc1ccc(Cl)cc1)CC1CC1. The molecule has 0 spiro atoms. The molecule has 3 rings (SSSR count).